The van der Waals surface area contributed by atoms with Crippen molar-refractivity contribution in [1.29, 1.82) is 0 Å². The fourth-order valence-corrected chi connectivity index (χ4v) is 0.930. The van der Waals surface area contributed by atoms with Crippen LogP contribution >= 0.6 is 0 Å². The molecule has 1 rings (SSSR count). The lowest BCUT2D eigenvalue weighted by Gasteiger charge is -2.24. The second kappa shape index (κ2) is 3.91. The van der Waals surface area contributed by atoms with E-state index < -0.39 is 0 Å². The van der Waals surface area contributed by atoms with Crippen LogP contribution in [0.15, 0.2) is 0 Å². The molecule has 0 saturated carbocycles. The molecule has 3 nitrogen and oxygen atoms in total. The Morgan fingerprint density at radius 1 is 1.30 bits per heavy atom. The fourth-order valence-electron chi connectivity index (χ4n) is 0.930. The van der Waals surface area contributed by atoms with Crippen molar-refractivity contribution in [1.82, 2.24) is 0 Å². The molecule has 3 heteroatoms. The molecule has 0 amide bonds. The molecule has 0 unspecified atom stereocenters. The summed E-state index contributed by atoms with van der Waals surface area (Å²) in [5, 5.41) is 0. The molecule has 1 aliphatic rings. The normalized spacial score (nSPS) is 21.9. The Kier molecular flexibility index (Phi) is 3.12. The van der Waals surface area contributed by atoms with Gasteiger partial charge in [0, 0.05) is 0 Å². The van der Waals surface area contributed by atoms with Gasteiger partial charge in [0.2, 0.25) is 0 Å². The molecule has 0 aromatic carbocycles. The average Bonchev–Trinajstić information content (AvgIpc) is 1.88. The highest BCUT2D eigenvalue weighted by atomic mass is 16.7. The fraction of sp³-hybridized carbons (Fsp3) is 1.00. The third-order valence-corrected chi connectivity index (χ3v) is 1.24. The van der Waals surface area contributed by atoms with Crippen LogP contribution in [-0.2, 0) is 14.2 Å². The third-order valence-electron chi connectivity index (χ3n) is 1.24. The minimum atomic E-state index is 0.133. The number of hydrogen-bond acceptors (Lipinski definition) is 3. The van der Waals surface area contributed by atoms with E-state index in [9.17, 15) is 0 Å². The molecule has 0 aromatic heterocycles. The van der Waals surface area contributed by atoms with Gasteiger partial charge in [-0.05, 0) is 13.8 Å². The molecule has 0 bridgehead atoms. The van der Waals surface area contributed by atoms with Gasteiger partial charge in [0.1, 0.15) is 12.9 Å². The van der Waals surface area contributed by atoms with E-state index in [1.165, 1.54) is 0 Å². The van der Waals surface area contributed by atoms with Crippen molar-refractivity contribution in [2.24, 2.45) is 0 Å². The van der Waals surface area contributed by atoms with Gasteiger partial charge in [-0.2, -0.15) is 0 Å². The van der Waals surface area contributed by atoms with E-state index in [4.69, 9.17) is 14.2 Å². The molecule has 0 spiro atoms. The molecule has 0 radical (unpaired) electrons. The van der Waals surface area contributed by atoms with E-state index in [1.807, 2.05) is 13.8 Å². The Labute approximate surface area is 61.3 Å². The van der Waals surface area contributed by atoms with Crippen LogP contribution in [0.25, 0.3) is 0 Å². The first-order valence-corrected chi connectivity index (χ1v) is 3.60. The standard InChI is InChI=1S/C7H14O3/c1-6(2)10-7-3-8-5-9-4-7/h6-7H,3-5H2,1-2H3. The summed E-state index contributed by atoms with van der Waals surface area (Å²) in [5.74, 6) is 0. The summed E-state index contributed by atoms with van der Waals surface area (Å²) >= 11 is 0. The van der Waals surface area contributed by atoms with Crippen LogP contribution in [0.3, 0.4) is 0 Å². The molecule has 0 atom stereocenters. The molecule has 1 aliphatic heterocycles. The second-order valence-electron chi connectivity index (χ2n) is 2.67. The molecule has 0 aliphatic carbocycles. The quantitative estimate of drug-likeness (QED) is 0.576. The van der Waals surface area contributed by atoms with Crippen LogP contribution < -0.4 is 0 Å². The summed E-state index contributed by atoms with van der Waals surface area (Å²) in [7, 11) is 0. The summed E-state index contributed by atoms with van der Waals surface area (Å²) in [6, 6.07) is 0. The minimum absolute atomic E-state index is 0.133. The maximum Gasteiger partial charge on any atom is 0.146 e. The summed E-state index contributed by atoms with van der Waals surface area (Å²) in [4.78, 5) is 0. The van der Waals surface area contributed by atoms with Crippen LogP contribution in [0.2, 0.25) is 0 Å². The maximum atomic E-state index is 5.44. The van der Waals surface area contributed by atoms with Crippen molar-refractivity contribution in [3.05, 3.63) is 0 Å². The second-order valence-corrected chi connectivity index (χ2v) is 2.67. The summed E-state index contributed by atoms with van der Waals surface area (Å²) in [6.45, 7) is 5.76. The Hall–Kier alpha value is -0.120. The molecule has 10 heavy (non-hydrogen) atoms. The lowest BCUT2D eigenvalue weighted by Crippen LogP contribution is -2.33. The van der Waals surface area contributed by atoms with Crippen molar-refractivity contribution in [3.8, 4) is 0 Å². The van der Waals surface area contributed by atoms with Crippen LogP contribution in [0.4, 0.5) is 0 Å². The zero-order valence-electron chi connectivity index (χ0n) is 6.50. The van der Waals surface area contributed by atoms with Gasteiger partial charge in [-0.1, -0.05) is 0 Å². The van der Waals surface area contributed by atoms with Gasteiger partial charge in [-0.25, -0.2) is 0 Å². The van der Waals surface area contributed by atoms with Gasteiger partial charge in [0.25, 0.3) is 0 Å². The van der Waals surface area contributed by atoms with E-state index in [-0.39, 0.29) is 12.2 Å². The Morgan fingerprint density at radius 2 is 1.90 bits per heavy atom. The largest absolute Gasteiger partial charge is 0.371 e. The topological polar surface area (TPSA) is 27.7 Å². The monoisotopic (exact) mass is 146 g/mol. The van der Waals surface area contributed by atoms with Crippen molar-refractivity contribution in [2.75, 3.05) is 20.0 Å². The molecular formula is C7H14O3. The molecular weight excluding hydrogens is 132 g/mol. The van der Waals surface area contributed by atoms with Gasteiger partial charge in [-0.3, -0.25) is 0 Å². The van der Waals surface area contributed by atoms with Gasteiger partial charge in [-0.15, -0.1) is 0 Å². The zero-order valence-corrected chi connectivity index (χ0v) is 6.50. The highest BCUT2D eigenvalue weighted by Crippen LogP contribution is 2.03. The molecule has 0 aromatic rings. The van der Waals surface area contributed by atoms with Crippen molar-refractivity contribution >= 4 is 0 Å². The first-order chi connectivity index (χ1) is 4.79. The van der Waals surface area contributed by atoms with Crippen LogP contribution in [0.5, 0.6) is 0 Å². The maximum absolute atomic E-state index is 5.44. The van der Waals surface area contributed by atoms with E-state index in [0.717, 1.165) is 0 Å². The number of rotatable bonds is 2. The highest BCUT2D eigenvalue weighted by Gasteiger charge is 2.15. The van der Waals surface area contributed by atoms with Gasteiger partial charge < -0.3 is 14.2 Å². The minimum Gasteiger partial charge on any atom is -0.371 e. The Bertz CT molecular complexity index is 86.9. The van der Waals surface area contributed by atoms with E-state index in [1.54, 1.807) is 0 Å². The first-order valence-electron chi connectivity index (χ1n) is 3.60. The lowest BCUT2D eigenvalue weighted by molar-refractivity contribution is -0.176. The summed E-state index contributed by atoms with van der Waals surface area (Å²) < 4.78 is 15.5. The van der Waals surface area contributed by atoms with Gasteiger partial charge in [0.05, 0.1) is 19.3 Å². The molecule has 60 valence electrons. The first kappa shape index (κ1) is 7.98. The lowest BCUT2D eigenvalue weighted by atomic mass is 10.3. The summed E-state index contributed by atoms with van der Waals surface area (Å²) in [5.41, 5.74) is 0. The molecule has 0 N–H and O–H groups in total. The van der Waals surface area contributed by atoms with Gasteiger partial charge in [0.15, 0.2) is 0 Å². The van der Waals surface area contributed by atoms with Crippen LogP contribution in [0.1, 0.15) is 13.8 Å². The average molecular weight is 146 g/mol. The van der Waals surface area contributed by atoms with Gasteiger partial charge >= 0.3 is 0 Å². The van der Waals surface area contributed by atoms with Crippen molar-refractivity contribution < 1.29 is 14.2 Å². The van der Waals surface area contributed by atoms with Crippen molar-refractivity contribution in [3.63, 3.8) is 0 Å². The van der Waals surface area contributed by atoms with E-state index in [2.05, 4.69) is 0 Å². The molecule has 1 heterocycles. The van der Waals surface area contributed by atoms with Crippen LogP contribution in [-0.4, -0.2) is 32.2 Å². The smallest absolute Gasteiger partial charge is 0.146 e. The van der Waals surface area contributed by atoms with E-state index >= 15 is 0 Å². The predicted molar refractivity (Wildman–Crippen MR) is 36.8 cm³/mol. The van der Waals surface area contributed by atoms with Crippen molar-refractivity contribution in [2.45, 2.75) is 26.1 Å². The molecule has 1 fully saturated rings. The number of hydrogen-bond donors (Lipinski definition) is 0. The number of ether oxygens (including phenoxy) is 3. The molecule has 1 saturated heterocycles. The Balaban J connectivity index is 2.13. The summed E-state index contributed by atoms with van der Waals surface area (Å²) in [6.07, 6.45) is 0.393. The predicted octanol–water partition coefficient (Wildman–Crippen LogP) is 0.784. The highest BCUT2D eigenvalue weighted by molar-refractivity contribution is 4.58. The third kappa shape index (κ3) is 2.64. The Morgan fingerprint density at radius 3 is 2.40 bits per heavy atom. The van der Waals surface area contributed by atoms with E-state index in [0.29, 0.717) is 20.0 Å². The zero-order chi connectivity index (χ0) is 7.40. The SMILES string of the molecule is CC(C)OC1COCOC1. The van der Waals surface area contributed by atoms with Crippen LogP contribution in [0, 0.1) is 0 Å².